The third-order valence-electron chi connectivity index (χ3n) is 7.02. The van der Waals surface area contributed by atoms with Crippen LogP contribution in [0.4, 0.5) is 0 Å². The fourth-order valence-corrected chi connectivity index (χ4v) is 5.18. The van der Waals surface area contributed by atoms with Gasteiger partial charge in [0.05, 0.1) is 0 Å². The molecule has 39 heavy (non-hydrogen) atoms. The predicted octanol–water partition coefficient (Wildman–Crippen LogP) is 9.49. The molecule has 1 aliphatic rings. The molecule has 0 saturated heterocycles. The lowest BCUT2D eigenvalue weighted by Gasteiger charge is -2.23. The van der Waals surface area contributed by atoms with Gasteiger partial charge in [-0.25, -0.2) is 0 Å². The zero-order chi connectivity index (χ0) is 28.3. The molecule has 1 aliphatic carbocycles. The Morgan fingerprint density at radius 1 is 0.667 bits per heavy atom. The Bertz CT molecular complexity index is 1430. The van der Waals surface area contributed by atoms with Crippen molar-refractivity contribution in [3.8, 4) is 33.8 Å². The first-order chi connectivity index (χ1) is 18.5. The summed E-state index contributed by atoms with van der Waals surface area (Å²) in [6, 6.07) is 18.0. The maximum atomic E-state index is 10.5. The van der Waals surface area contributed by atoms with E-state index in [1.165, 1.54) is 0 Å². The number of benzene rings is 3. The van der Waals surface area contributed by atoms with Crippen LogP contribution < -0.4 is 0 Å². The Morgan fingerprint density at radius 3 is 1.62 bits per heavy atom. The van der Waals surface area contributed by atoms with Crippen LogP contribution in [0, 0.1) is 0 Å². The Balaban J connectivity index is 1.85. The van der Waals surface area contributed by atoms with Gasteiger partial charge in [-0.2, -0.15) is 0 Å². The van der Waals surface area contributed by atoms with E-state index in [4.69, 9.17) is 0 Å². The molecule has 3 aromatic rings. The number of allylic oxidation sites excluding steroid dienone is 6. The van der Waals surface area contributed by atoms with Crippen LogP contribution in [0.1, 0.15) is 56.2 Å². The highest BCUT2D eigenvalue weighted by Crippen LogP contribution is 2.39. The highest BCUT2D eigenvalue weighted by atomic mass is 16.3. The average Bonchev–Trinajstić information content (AvgIpc) is 2.87. The molecule has 1 atom stereocenters. The number of hydrogen-bond donors (Lipinski definition) is 3. The number of phenols is 2. The van der Waals surface area contributed by atoms with Crippen molar-refractivity contribution in [2.24, 2.45) is 0 Å². The van der Waals surface area contributed by atoms with E-state index in [0.29, 0.717) is 31.4 Å². The van der Waals surface area contributed by atoms with Gasteiger partial charge in [0.1, 0.15) is 17.3 Å². The Hall–Kier alpha value is -4.24. The van der Waals surface area contributed by atoms with Crippen LogP contribution in [0.3, 0.4) is 0 Å². The molecule has 1 unspecified atom stereocenters. The molecule has 4 rings (SSSR count). The lowest BCUT2D eigenvalue weighted by atomic mass is 9.83. The van der Waals surface area contributed by atoms with Crippen molar-refractivity contribution < 1.29 is 15.3 Å². The summed E-state index contributed by atoms with van der Waals surface area (Å²) in [4.78, 5) is 0. The Morgan fingerprint density at radius 2 is 1.15 bits per heavy atom. The van der Waals surface area contributed by atoms with Crippen molar-refractivity contribution in [1.29, 1.82) is 0 Å². The van der Waals surface area contributed by atoms with E-state index in [-0.39, 0.29) is 17.4 Å². The van der Waals surface area contributed by atoms with E-state index in [9.17, 15) is 15.3 Å². The van der Waals surface area contributed by atoms with Crippen molar-refractivity contribution in [3.63, 3.8) is 0 Å². The van der Waals surface area contributed by atoms with Gasteiger partial charge in [-0.1, -0.05) is 66.8 Å². The molecule has 3 N–H and O–H groups in total. The summed E-state index contributed by atoms with van der Waals surface area (Å²) in [6.45, 7) is 18.0. The quantitative estimate of drug-likeness (QED) is 0.247. The fourth-order valence-electron chi connectivity index (χ4n) is 5.18. The first-order valence-electron chi connectivity index (χ1n) is 13.3. The van der Waals surface area contributed by atoms with Gasteiger partial charge in [-0.15, -0.1) is 0 Å². The highest BCUT2D eigenvalue weighted by molar-refractivity contribution is 5.76. The molecule has 0 saturated carbocycles. The third-order valence-corrected chi connectivity index (χ3v) is 7.02. The lowest BCUT2D eigenvalue weighted by Crippen LogP contribution is -2.06. The largest absolute Gasteiger partial charge is 0.508 e. The monoisotopic (exact) mass is 518 g/mol. The van der Waals surface area contributed by atoms with Crippen molar-refractivity contribution >= 4 is 0 Å². The maximum Gasteiger partial charge on any atom is 0.119 e. The standard InChI is InChI=1S/C36H38O3/c1-22(2)13-31-16-25(7-10-34(31)37)28-19-29(26-8-11-35(38)32(17-26)14-23(3)4)21-30(20-28)27-9-12-36(39)33(18-27)15-24(5)6/h7-12,16-17,19-21,27,37-39H,1,3,5,13-15,18H2,2,4,6H3. The van der Waals surface area contributed by atoms with Gasteiger partial charge in [0.25, 0.3) is 0 Å². The summed E-state index contributed by atoms with van der Waals surface area (Å²) in [6.07, 6.45) is 6.46. The molecule has 0 fully saturated rings. The summed E-state index contributed by atoms with van der Waals surface area (Å²) in [5, 5.41) is 31.4. The lowest BCUT2D eigenvalue weighted by molar-refractivity contribution is 0.415. The SMILES string of the molecule is C=C(C)CC1=C(O)C=CC(c2cc(-c3ccc(O)c(CC(=C)C)c3)cc(-c3ccc(O)c(CC(=C)C)c3)c2)C1. The first-order valence-corrected chi connectivity index (χ1v) is 13.3. The minimum Gasteiger partial charge on any atom is -0.508 e. The van der Waals surface area contributed by atoms with E-state index in [1.54, 1.807) is 18.2 Å². The van der Waals surface area contributed by atoms with Crippen molar-refractivity contribution in [1.82, 2.24) is 0 Å². The van der Waals surface area contributed by atoms with Crippen molar-refractivity contribution in [2.45, 2.75) is 52.4 Å². The zero-order valence-corrected chi connectivity index (χ0v) is 23.2. The first kappa shape index (κ1) is 27.8. The topological polar surface area (TPSA) is 60.7 Å². The predicted molar refractivity (Wildman–Crippen MR) is 163 cm³/mol. The van der Waals surface area contributed by atoms with Gasteiger partial charge in [-0.05, 0) is 127 Å². The summed E-state index contributed by atoms with van der Waals surface area (Å²) < 4.78 is 0. The minimum atomic E-state index is 0.0907. The van der Waals surface area contributed by atoms with Crippen LogP contribution in [0.2, 0.25) is 0 Å². The van der Waals surface area contributed by atoms with Crippen molar-refractivity contribution in [3.05, 3.63) is 131 Å². The second-order valence-electron chi connectivity index (χ2n) is 11.1. The van der Waals surface area contributed by atoms with E-state index < -0.39 is 0 Å². The van der Waals surface area contributed by atoms with E-state index in [1.807, 2.05) is 45.0 Å². The highest BCUT2D eigenvalue weighted by Gasteiger charge is 2.20. The Kier molecular flexibility index (Phi) is 8.30. The van der Waals surface area contributed by atoms with Gasteiger partial charge in [-0.3, -0.25) is 0 Å². The molecule has 3 heteroatoms. The fraction of sp³-hybridized carbons (Fsp3) is 0.222. The normalized spacial score (nSPS) is 14.9. The third kappa shape index (κ3) is 6.80. The average molecular weight is 519 g/mol. The van der Waals surface area contributed by atoms with Crippen LogP contribution in [-0.2, 0) is 12.8 Å². The molecule has 0 spiro atoms. The van der Waals surface area contributed by atoms with E-state index in [2.05, 4.69) is 44.0 Å². The van der Waals surface area contributed by atoms with Gasteiger partial charge in [0, 0.05) is 5.92 Å². The van der Waals surface area contributed by atoms with Crippen LogP contribution in [0.5, 0.6) is 11.5 Å². The number of rotatable bonds is 9. The molecule has 0 radical (unpaired) electrons. The maximum absolute atomic E-state index is 10.5. The summed E-state index contributed by atoms with van der Waals surface area (Å²) >= 11 is 0. The number of aliphatic hydroxyl groups excluding tert-OH is 1. The van der Waals surface area contributed by atoms with Gasteiger partial charge < -0.3 is 15.3 Å². The Labute approximate surface area is 232 Å². The van der Waals surface area contributed by atoms with Crippen LogP contribution in [0.15, 0.2) is 115 Å². The molecule has 0 amide bonds. The number of phenolic OH excluding ortho intramolecular Hbond substituents is 2. The number of hydrogen-bond acceptors (Lipinski definition) is 3. The molecule has 3 nitrogen and oxygen atoms in total. The van der Waals surface area contributed by atoms with Crippen LogP contribution in [-0.4, -0.2) is 15.3 Å². The summed E-state index contributed by atoms with van der Waals surface area (Å²) in [5.41, 5.74) is 10.9. The summed E-state index contributed by atoms with van der Waals surface area (Å²) in [7, 11) is 0. The second kappa shape index (κ2) is 11.7. The molecule has 3 aromatic carbocycles. The number of aromatic hydroxyl groups is 2. The van der Waals surface area contributed by atoms with Gasteiger partial charge in [0.2, 0.25) is 0 Å². The van der Waals surface area contributed by atoms with E-state index >= 15 is 0 Å². The molecule has 0 bridgehead atoms. The summed E-state index contributed by atoms with van der Waals surface area (Å²) in [5.74, 6) is 0.951. The molecule has 200 valence electrons. The number of aliphatic hydroxyl groups is 1. The zero-order valence-electron chi connectivity index (χ0n) is 23.2. The molecular weight excluding hydrogens is 480 g/mol. The smallest absolute Gasteiger partial charge is 0.119 e. The molecule has 0 aromatic heterocycles. The van der Waals surface area contributed by atoms with Gasteiger partial charge in [0.15, 0.2) is 0 Å². The van der Waals surface area contributed by atoms with Gasteiger partial charge >= 0.3 is 0 Å². The second-order valence-corrected chi connectivity index (χ2v) is 11.1. The molecule has 0 heterocycles. The molecule has 0 aliphatic heterocycles. The minimum absolute atomic E-state index is 0.0907. The van der Waals surface area contributed by atoms with Crippen LogP contribution in [0.25, 0.3) is 22.3 Å². The van der Waals surface area contributed by atoms with Crippen molar-refractivity contribution in [2.75, 3.05) is 0 Å². The molecular formula is C36H38O3. The van der Waals surface area contributed by atoms with E-state index in [0.717, 1.165) is 61.2 Å². The van der Waals surface area contributed by atoms with Crippen LogP contribution >= 0.6 is 0 Å².